The number of para-hydroxylation sites is 1. The van der Waals surface area contributed by atoms with Crippen LogP contribution in [0.3, 0.4) is 0 Å². The number of carbonyl (C=O) groups excluding carboxylic acids is 2. The van der Waals surface area contributed by atoms with E-state index in [4.69, 9.17) is 4.74 Å². The van der Waals surface area contributed by atoms with Crippen LogP contribution in [0.15, 0.2) is 30.3 Å². The maximum absolute atomic E-state index is 12.8. The molecule has 0 spiro atoms. The first-order valence-corrected chi connectivity index (χ1v) is 8.61. The Bertz CT molecular complexity index is 807. The third-order valence-electron chi connectivity index (χ3n) is 4.96. The summed E-state index contributed by atoms with van der Waals surface area (Å²) in [4.78, 5) is 26.4. The number of hydrogen-bond donors (Lipinski definition) is 0. The van der Waals surface area contributed by atoms with Crippen molar-refractivity contribution >= 4 is 17.4 Å². The molecule has 2 aromatic rings. The van der Waals surface area contributed by atoms with Gasteiger partial charge in [-0.3, -0.25) is 9.59 Å². The van der Waals surface area contributed by atoms with Gasteiger partial charge in [-0.15, -0.1) is 0 Å². The van der Waals surface area contributed by atoms with Gasteiger partial charge in [-0.2, -0.15) is 0 Å². The van der Waals surface area contributed by atoms with Crippen molar-refractivity contribution in [2.75, 3.05) is 25.1 Å². The van der Waals surface area contributed by atoms with Crippen molar-refractivity contribution in [2.24, 2.45) is 0 Å². The quantitative estimate of drug-likeness (QED) is 0.599. The van der Waals surface area contributed by atoms with E-state index in [2.05, 4.69) is 17.0 Å². The second kappa shape index (κ2) is 7.13. The smallest absolute Gasteiger partial charge is 0.307 e. The second-order valence-corrected chi connectivity index (χ2v) is 6.49. The lowest BCUT2D eigenvalue weighted by Gasteiger charge is -2.18. The highest BCUT2D eigenvalue weighted by atomic mass is 16.5. The van der Waals surface area contributed by atoms with Gasteiger partial charge in [-0.05, 0) is 38.0 Å². The Kier molecular flexibility index (Phi) is 4.93. The number of methoxy groups -OCH3 is 1. The van der Waals surface area contributed by atoms with Gasteiger partial charge in [-0.1, -0.05) is 18.2 Å². The second-order valence-electron chi connectivity index (χ2n) is 6.49. The minimum atomic E-state index is -0.242. The van der Waals surface area contributed by atoms with Crippen molar-refractivity contribution in [2.45, 2.75) is 33.2 Å². The molecule has 0 saturated carbocycles. The van der Waals surface area contributed by atoms with Gasteiger partial charge in [-0.25, -0.2) is 0 Å². The van der Waals surface area contributed by atoms with Crippen LogP contribution in [-0.2, 0) is 22.5 Å². The summed E-state index contributed by atoms with van der Waals surface area (Å²) in [7, 11) is 1.39. The first kappa shape index (κ1) is 17.3. The van der Waals surface area contributed by atoms with Crippen molar-refractivity contribution in [3.63, 3.8) is 0 Å². The number of aryl methyl sites for hydroxylation is 1. The maximum Gasteiger partial charge on any atom is 0.307 e. The van der Waals surface area contributed by atoms with Crippen LogP contribution in [0.5, 0.6) is 0 Å². The summed E-state index contributed by atoms with van der Waals surface area (Å²) in [5, 5.41) is 0. The molecule has 0 N–H and O–H groups in total. The van der Waals surface area contributed by atoms with Crippen LogP contribution in [0.4, 0.5) is 5.69 Å². The molecule has 132 valence electrons. The fraction of sp³-hybridized carbons (Fsp3) is 0.400. The number of aromatic nitrogens is 1. The van der Waals surface area contributed by atoms with E-state index in [-0.39, 0.29) is 11.8 Å². The van der Waals surface area contributed by atoms with Crippen LogP contribution >= 0.6 is 0 Å². The molecule has 0 bridgehead atoms. The van der Waals surface area contributed by atoms with Crippen molar-refractivity contribution in [3.8, 4) is 0 Å². The van der Waals surface area contributed by atoms with E-state index in [9.17, 15) is 9.59 Å². The van der Waals surface area contributed by atoms with Crippen molar-refractivity contribution in [1.29, 1.82) is 0 Å². The van der Waals surface area contributed by atoms with Gasteiger partial charge in [0.2, 0.25) is 0 Å². The molecule has 0 atom stereocenters. The number of Topliss-reactive ketones (excluding diaryl/α,β-unsaturated/α-hetero) is 1. The molecule has 3 rings (SSSR count). The van der Waals surface area contributed by atoms with Crippen LogP contribution < -0.4 is 4.90 Å². The normalized spacial score (nSPS) is 13.0. The standard InChI is InChI=1S/C20H24N2O3/c1-14-12-17(15(2)22(14)11-9-20(24)25-3)19(23)13-21-10-8-16-6-4-5-7-18(16)21/h4-7,12H,8-11,13H2,1-3H3. The van der Waals surface area contributed by atoms with Crippen molar-refractivity contribution in [1.82, 2.24) is 4.57 Å². The van der Waals surface area contributed by atoms with Gasteiger partial charge in [0.05, 0.1) is 20.1 Å². The van der Waals surface area contributed by atoms with Gasteiger partial charge in [0.25, 0.3) is 0 Å². The summed E-state index contributed by atoms with van der Waals surface area (Å²) in [5.74, 6) is -0.122. The van der Waals surface area contributed by atoms with E-state index in [1.807, 2.05) is 36.6 Å². The molecule has 1 aromatic carbocycles. The minimum absolute atomic E-state index is 0.120. The molecular formula is C20H24N2O3. The van der Waals surface area contributed by atoms with Crippen LogP contribution in [-0.4, -0.2) is 36.5 Å². The van der Waals surface area contributed by atoms with Gasteiger partial charge < -0.3 is 14.2 Å². The SMILES string of the molecule is COC(=O)CCn1c(C)cc(C(=O)CN2CCc3ccccc32)c1C. The van der Waals surface area contributed by atoms with E-state index in [1.54, 1.807) is 0 Å². The van der Waals surface area contributed by atoms with Crippen LogP contribution in [0, 0.1) is 13.8 Å². The molecule has 5 heteroatoms. The van der Waals surface area contributed by atoms with E-state index in [1.165, 1.54) is 12.7 Å². The summed E-state index contributed by atoms with van der Waals surface area (Å²) >= 11 is 0. The number of fused-ring (bicyclic) bond motifs is 1. The first-order valence-electron chi connectivity index (χ1n) is 8.61. The van der Waals surface area contributed by atoms with Gasteiger partial charge in [0, 0.05) is 35.7 Å². The molecule has 25 heavy (non-hydrogen) atoms. The fourth-order valence-corrected chi connectivity index (χ4v) is 3.56. The zero-order valence-electron chi connectivity index (χ0n) is 15.0. The molecule has 5 nitrogen and oxygen atoms in total. The largest absolute Gasteiger partial charge is 0.469 e. The van der Waals surface area contributed by atoms with Gasteiger partial charge in [0.15, 0.2) is 5.78 Å². The maximum atomic E-state index is 12.8. The Morgan fingerprint density at radius 1 is 1.20 bits per heavy atom. The number of hydrogen-bond acceptors (Lipinski definition) is 4. The highest BCUT2D eigenvalue weighted by molar-refractivity contribution is 6.00. The molecule has 1 aromatic heterocycles. The fourth-order valence-electron chi connectivity index (χ4n) is 3.56. The zero-order valence-corrected chi connectivity index (χ0v) is 15.0. The average Bonchev–Trinajstić information content (AvgIpc) is 3.14. The summed E-state index contributed by atoms with van der Waals surface area (Å²) < 4.78 is 6.72. The number of benzene rings is 1. The summed E-state index contributed by atoms with van der Waals surface area (Å²) in [6, 6.07) is 10.2. The van der Waals surface area contributed by atoms with Crippen LogP contribution in [0.25, 0.3) is 0 Å². The first-order chi connectivity index (χ1) is 12.0. The molecule has 0 radical (unpaired) electrons. The lowest BCUT2D eigenvalue weighted by atomic mass is 10.1. The topological polar surface area (TPSA) is 51.5 Å². The van der Waals surface area contributed by atoms with Crippen LogP contribution in [0.1, 0.15) is 33.7 Å². The number of ketones is 1. The van der Waals surface area contributed by atoms with E-state index in [0.29, 0.717) is 19.5 Å². The third-order valence-corrected chi connectivity index (χ3v) is 4.96. The number of carbonyl (C=O) groups is 2. The molecule has 0 saturated heterocycles. The molecule has 0 aliphatic carbocycles. The Balaban J connectivity index is 1.74. The van der Waals surface area contributed by atoms with Crippen molar-refractivity contribution in [3.05, 3.63) is 52.8 Å². The van der Waals surface area contributed by atoms with Gasteiger partial charge >= 0.3 is 5.97 Å². The lowest BCUT2D eigenvalue weighted by molar-refractivity contribution is -0.140. The summed E-state index contributed by atoms with van der Waals surface area (Å²) in [5.41, 5.74) is 5.12. The lowest BCUT2D eigenvalue weighted by Crippen LogP contribution is -2.28. The molecule has 0 amide bonds. The highest BCUT2D eigenvalue weighted by Gasteiger charge is 2.23. The van der Waals surface area contributed by atoms with E-state index in [0.717, 1.165) is 35.6 Å². The van der Waals surface area contributed by atoms with E-state index >= 15 is 0 Å². The predicted molar refractivity (Wildman–Crippen MR) is 97.2 cm³/mol. The third kappa shape index (κ3) is 3.45. The number of anilines is 1. The molecular weight excluding hydrogens is 316 g/mol. The Labute approximate surface area is 148 Å². The van der Waals surface area contributed by atoms with E-state index < -0.39 is 0 Å². The number of esters is 1. The minimum Gasteiger partial charge on any atom is -0.469 e. The molecule has 0 unspecified atom stereocenters. The number of nitrogens with zero attached hydrogens (tertiary/aromatic N) is 2. The molecule has 2 heterocycles. The molecule has 1 aliphatic rings. The highest BCUT2D eigenvalue weighted by Crippen LogP contribution is 2.28. The molecule has 0 fully saturated rings. The Hall–Kier alpha value is -2.56. The average molecular weight is 340 g/mol. The van der Waals surface area contributed by atoms with Crippen molar-refractivity contribution < 1.29 is 14.3 Å². The Morgan fingerprint density at radius 2 is 1.96 bits per heavy atom. The predicted octanol–water partition coefficient (Wildman–Crippen LogP) is 2.91. The van der Waals surface area contributed by atoms with Gasteiger partial charge in [0.1, 0.15) is 0 Å². The zero-order chi connectivity index (χ0) is 18.0. The summed E-state index contributed by atoms with van der Waals surface area (Å²) in [6.07, 6.45) is 1.29. The number of rotatable bonds is 6. The Morgan fingerprint density at radius 3 is 2.72 bits per heavy atom. The number of ether oxygens (including phenoxy) is 1. The summed E-state index contributed by atoms with van der Waals surface area (Å²) in [6.45, 7) is 5.70. The monoisotopic (exact) mass is 340 g/mol. The van der Waals surface area contributed by atoms with Crippen LogP contribution in [0.2, 0.25) is 0 Å². The molecule has 1 aliphatic heterocycles.